The van der Waals surface area contributed by atoms with Crippen LogP contribution in [0.1, 0.15) is 41.3 Å². The number of pyridine rings is 1. The lowest BCUT2D eigenvalue weighted by Crippen LogP contribution is -2.38. The second-order valence-electron chi connectivity index (χ2n) is 7.53. The Morgan fingerprint density at radius 1 is 1.28 bits per heavy atom. The van der Waals surface area contributed by atoms with Gasteiger partial charge >= 0.3 is 12.1 Å². The lowest BCUT2D eigenvalue weighted by atomic mass is 10.0. The van der Waals surface area contributed by atoms with Gasteiger partial charge in [-0.2, -0.15) is 13.2 Å². The normalized spacial score (nSPS) is 15.4. The Morgan fingerprint density at radius 3 is 2.62 bits per heavy atom. The molecule has 1 aromatic heterocycles. The molecule has 7 nitrogen and oxygen atoms in total. The van der Waals surface area contributed by atoms with Crippen molar-refractivity contribution < 1.29 is 32.5 Å². The van der Waals surface area contributed by atoms with Gasteiger partial charge in [0.25, 0.3) is 0 Å². The Balaban J connectivity index is 1.60. The van der Waals surface area contributed by atoms with Gasteiger partial charge in [0.15, 0.2) is 11.5 Å². The fraction of sp³-hybridized carbons (Fsp3) is 0.455. The maximum Gasteiger partial charge on any atom is 0.417 e. The van der Waals surface area contributed by atoms with Crippen molar-refractivity contribution >= 4 is 11.8 Å². The van der Waals surface area contributed by atoms with E-state index in [0.29, 0.717) is 18.9 Å². The summed E-state index contributed by atoms with van der Waals surface area (Å²) in [6, 6.07) is 6.07. The Hall–Kier alpha value is -3.01. The van der Waals surface area contributed by atoms with Gasteiger partial charge in [0, 0.05) is 31.9 Å². The summed E-state index contributed by atoms with van der Waals surface area (Å²) in [4.78, 5) is 17.8. The quantitative estimate of drug-likeness (QED) is 0.612. The number of carbonyl (C=O) groups is 1. The molecule has 0 aliphatic carbocycles. The highest BCUT2D eigenvalue weighted by Crippen LogP contribution is 2.34. The summed E-state index contributed by atoms with van der Waals surface area (Å²) in [6.45, 7) is 4.47. The first kappa shape index (κ1) is 23.6. The fourth-order valence-electron chi connectivity index (χ4n) is 3.67. The number of halogens is 3. The van der Waals surface area contributed by atoms with E-state index in [-0.39, 0.29) is 17.6 Å². The molecule has 0 saturated carbocycles. The number of aromatic nitrogens is 1. The summed E-state index contributed by atoms with van der Waals surface area (Å²) in [5.74, 6) is -0.458. The molecule has 1 saturated heterocycles. The second-order valence-corrected chi connectivity index (χ2v) is 7.53. The number of anilines is 1. The number of aromatic hydroxyl groups is 1. The average Bonchev–Trinajstić information content (AvgIpc) is 2.76. The van der Waals surface area contributed by atoms with Crippen LogP contribution in [0.4, 0.5) is 19.0 Å². The predicted molar refractivity (Wildman–Crippen MR) is 112 cm³/mol. The first-order valence-electron chi connectivity index (χ1n) is 10.3. The second kappa shape index (κ2) is 10.1. The number of hydrogen-bond acceptors (Lipinski definition) is 7. The van der Waals surface area contributed by atoms with E-state index in [4.69, 9.17) is 4.74 Å². The van der Waals surface area contributed by atoms with E-state index in [1.165, 1.54) is 0 Å². The molecule has 1 aromatic carbocycles. The van der Waals surface area contributed by atoms with Gasteiger partial charge in [-0.25, -0.2) is 9.78 Å². The molecule has 1 fully saturated rings. The monoisotopic (exact) mass is 453 g/mol. The largest absolute Gasteiger partial charge is 0.504 e. The van der Waals surface area contributed by atoms with Crippen molar-refractivity contribution in [1.82, 2.24) is 9.88 Å². The number of alkyl halides is 3. The zero-order valence-corrected chi connectivity index (χ0v) is 17.9. The lowest BCUT2D eigenvalue weighted by Gasteiger charge is -2.32. The van der Waals surface area contributed by atoms with E-state index >= 15 is 0 Å². The van der Waals surface area contributed by atoms with Crippen LogP contribution in [0.15, 0.2) is 30.5 Å². The zero-order valence-electron chi connectivity index (χ0n) is 17.9. The van der Waals surface area contributed by atoms with E-state index in [9.17, 15) is 23.1 Å². The molecular weight excluding hydrogens is 427 g/mol. The molecule has 0 unspecified atom stereocenters. The smallest absolute Gasteiger partial charge is 0.417 e. The summed E-state index contributed by atoms with van der Waals surface area (Å²) < 4.78 is 49.9. The zero-order chi connectivity index (χ0) is 23.3. The van der Waals surface area contributed by atoms with Gasteiger partial charge in [-0.05, 0) is 43.5 Å². The number of hydrogen-bond donors (Lipinski definition) is 2. The minimum atomic E-state index is -4.70. The molecule has 0 spiro atoms. The summed E-state index contributed by atoms with van der Waals surface area (Å²) in [5, 5.41) is 12.9. The van der Waals surface area contributed by atoms with Crippen LogP contribution < -0.4 is 10.1 Å². The highest BCUT2D eigenvalue weighted by Gasteiger charge is 2.36. The van der Waals surface area contributed by atoms with E-state index < -0.39 is 23.3 Å². The molecule has 2 N–H and O–H groups in total. The molecule has 2 aromatic rings. The highest BCUT2D eigenvalue weighted by molar-refractivity contribution is 5.91. The Morgan fingerprint density at radius 2 is 2.00 bits per heavy atom. The number of phenolic OH excluding ortho intramolecular Hbond substituents is 1. The summed E-state index contributed by atoms with van der Waals surface area (Å²) >= 11 is 0. The van der Waals surface area contributed by atoms with Crippen LogP contribution in [-0.4, -0.2) is 53.8 Å². The number of nitrogens with one attached hydrogen (secondary N) is 1. The molecule has 0 amide bonds. The molecule has 174 valence electrons. The van der Waals surface area contributed by atoms with Crippen LogP contribution in [0, 0.1) is 0 Å². The van der Waals surface area contributed by atoms with Gasteiger partial charge in [0.1, 0.15) is 5.82 Å². The van der Waals surface area contributed by atoms with Crippen molar-refractivity contribution in [3.05, 3.63) is 47.2 Å². The molecule has 32 heavy (non-hydrogen) atoms. The number of phenols is 1. The maximum atomic E-state index is 13.4. The third kappa shape index (κ3) is 5.82. The van der Waals surface area contributed by atoms with Crippen LogP contribution in [0.5, 0.6) is 11.5 Å². The SMILES string of the molecule is CCOc1cc(CN2CCC(Nc3cc(C(F)(F)F)c(C(=O)OC)cn3)CC2)ccc1O. The number of ether oxygens (including phenoxy) is 2. The van der Waals surface area contributed by atoms with Crippen LogP contribution in [-0.2, 0) is 17.5 Å². The minimum Gasteiger partial charge on any atom is -0.504 e. The minimum absolute atomic E-state index is 0.0392. The first-order valence-corrected chi connectivity index (χ1v) is 10.3. The fourth-order valence-corrected chi connectivity index (χ4v) is 3.67. The molecule has 0 radical (unpaired) electrons. The van der Waals surface area contributed by atoms with Gasteiger partial charge in [-0.3, -0.25) is 4.90 Å². The van der Waals surface area contributed by atoms with Crippen LogP contribution in [0.3, 0.4) is 0 Å². The van der Waals surface area contributed by atoms with Crippen molar-refractivity contribution in [3.63, 3.8) is 0 Å². The topological polar surface area (TPSA) is 83.9 Å². The van der Waals surface area contributed by atoms with Gasteiger partial charge in [-0.15, -0.1) is 0 Å². The maximum absolute atomic E-state index is 13.4. The molecular formula is C22H26F3N3O4. The number of benzene rings is 1. The van der Waals surface area contributed by atoms with E-state index in [0.717, 1.165) is 50.9 Å². The lowest BCUT2D eigenvalue weighted by molar-refractivity contribution is -0.138. The van der Waals surface area contributed by atoms with Crippen molar-refractivity contribution in [2.75, 3.05) is 32.1 Å². The molecule has 1 aliphatic rings. The summed E-state index contributed by atoms with van der Waals surface area (Å²) in [5.41, 5.74) is -0.676. The van der Waals surface area contributed by atoms with Crippen LogP contribution >= 0.6 is 0 Å². The molecule has 10 heteroatoms. The number of nitrogens with zero attached hydrogens (tertiary/aromatic N) is 2. The summed E-state index contributed by atoms with van der Waals surface area (Å²) in [7, 11) is 1.03. The van der Waals surface area contributed by atoms with E-state index in [1.54, 1.807) is 6.07 Å². The molecule has 3 rings (SSSR count). The Bertz CT molecular complexity index is 945. The van der Waals surface area contributed by atoms with Gasteiger partial charge in [-0.1, -0.05) is 6.07 Å². The van der Waals surface area contributed by atoms with Crippen LogP contribution in [0.2, 0.25) is 0 Å². The molecule has 2 heterocycles. The number of likely N-dealkylation sites (tertiary alicyclic amines) is 1. The Labute approximate surface area is 184 Å². The van der Waals surface area contributed by atoms with Crippen LogP contribution in [0.25, 0.3) is 0 Å². The van der Waals surface area contributed by atoms with Gasteiger partial charge in [0.05, 0.1) is 24.8 Å². The van der Waals surface area contributed by atoms with Crippen molar-refractivity contribution in [2.24, 2.45) is 0 Å². The number of methoxy groups -OCH3 is 1. The third-order valence-corrected chi connectivity index (χ3v) is 5.28. The number of piperidine rings is 1. The van der Waals surface area contributed by atoms with E-state index in [2.05, 4.69) is 19.9 Å². The van der Waals surface area contributed by atoms with Gasteiger partial charge in [0.2, 0.25) is 0 Å². The Kier molecular flexibility index (Phi) is 7.44. The van der Waals surface area contributed by atoms with Crippen molar-refractivity contribution in [2.45, 2.75) is 38.5 Å². The average molecular weight is 453 g/mol. The third-order valence-electron chi connectivity index (χ3n) is 5.28. The van der Waals surface area contributed by atoms with E-state index in [1.807, 2.05) is 19.1 Å². The molecule has 0 atom stereocenters. The molecule has 1 aliphatic heterocycles. The van der Waals surface area contributed by atoms with Crippen molar-refractivity contribution in [1.29, 1.82) is 0 Å². The first-order chi connectivity index (χ1) is 15.2. The standard InChI is InChI=1S/C22H26F3N3O4/c1-3-32-19-10-14(4-5-18(19)29)13-28-8-6-15(7-9-28)27-20-11-17(22(23,24)25)16(12-26-20)21(30)31-2/h4-5,10-12,15,29H,3,6-9,13H2,1-2H3,(H,26,27). The number of carbonyl (C=O) groups excluding carboxylic acids is 1. The van der Waals surface area contributed by atoms with Crippen molar-refractivity contribution in [3.8, 4) is 11.5 Å². The van der Waals surface area contributed by atoms with Gasteiger partial charge < -0.3 is 19.9 Å². The number of rotatable bonds is 7. The molecule has 0 bridgehead atoms. The highest BCUT2D eigenvalue weighted by atomic mass is 19.4. The predicted octanol–water partition coefficient (Wildman–Crippen LogP) is 4.07. The number of esters is 1. The summed E-state index contributed by atoms with van der Waals surface area (Å²) in [6.07, 6.45) is -2.36.